The highest BCUT2D eigenvalue weighted by molar-refractivity contribution is 6.25. The Morgan fingerprint density at radius 3 is 2.37 bits per heavy atom. The van der Waals surface area contributed by atoms with Gasteiger partial charge in [-0.15, -0.1) is 0 Å². The summed E-state index contributed by atoms with van der Waals surface area (Å²) >= 11 is 0. The van der Waals surface area contributed by atoms with Crippen LogP contribution in [0, 0.1) is 11.3 Å². The third-order valence-corrected chi connectivity index (χ3v) is 15.3. The Morgan fingerprint density at radius 1 is 0.910 bits per heavy atom. The summed E-state index contributed by atoms with van der Waals surface area (Å²) in [6, 6.07) is 9.24. The zero-order valence-corrected chi connectivity index (χ0v) is 37.8. The molecule has 354 valence electrons. The van der Waals surface area contributed by atoms with Crippen LogP contribution in [0.25, 0.3) is 0 Å². The average Bonchev–Trinajstić information content (AvgIpc) is 3.93. The zero-order valence-electron chi connectivity index (χ0n) is 37.8. The molecule has 17 nitrogen and oxygen atoms in total. The topological polar surface area (TPSA) is 190 Å². The number of nitrogens with one attached hydrogen (secondary N) is 3. The first-order chi connectivity index (χ1) is 32.2. The molecule has 0 bridgehead atoms. The molecule has 19 heteroatoms. The number of piperidine rings is 2. The molecule has 1 atom stereocenters. The Morgan fingerprint density at radius 2 is 1.66 bits per heavy atom. The van der Waals surface area contributed by atoms with Gasteiger partial charge in [0.25, 0.3) is 23.6 Å². The third kappa shape index (κ3) is 8.32. The molecule has 67 heavy (non-hydrogen) atoms. The minimum absolute atomic E-state index is 0.0474. The Kier molecular flexibility index (Phi) is 11.6. The van der Waals surface area contributed by atoms with Gasteiger partial charge in [-0.2, -0.15) is 13.8 Å². The van der Waals surface area contributed by atoms with Crippen LogP contribution in [0.3, 0.4) is 0 Å². The Balaban J connectivity index is 0.698. The van der Waals surface area contributed by atoms with Crippen molar-refractivity contribution in [1.29, 1.82) is 0 Å². The molecule has 2 aliphatic carbocycles. The van der Waals surface area contributed by atoms with E-state index in [0.29, 0.717) is 34.0 Å². The second kappa shape index (κ2) is 17.4. The summed E-state index contributed by atoms with van der Waals surface area (Å²) in [5, 5.41) is 8.64. The van der Waals surface area contributed by atoms with Gasteiger partial charge < -0.3 is 35.0 Å². The molecule has 1 aromatic heterocycles. The lowest BCUT2D eigenvalue weighted by Gasteiger charge is -2.54. The van der Waals surface area contributed by atoms with Crippen LogP contribution < -0.4 is 35.4 Å². The van der Waals surface area contributed by atoms with Crippen molar-refractivity contribution in [2.45, 2.75) is 101 Å². The summed E-state index contributed by atoms with van der Waals surface area (Å²) in [6.45, 7) is 3.82. The number of imide groups is 2. The number of fused-ring (bicyclic) bond motifs is 2. The monoisotopic (exact) mass is 922 g/mol. The number of hydrogen-bond acceptors (Lipinski definition) is 13. The van der Waals surface area contributed by atoms with Gasteiger partial charge in [-0.25, -0.2) is 4.98 Å². The molecule has 5 fully saturated rings. The highest BCUT2D eigenvalue weighted by Crippen LogP contribution is 2.45. The summed E-state index contributed by atoms with van der Waals surface area (Å²) in [6.07, 6.45) is 10.6. The molecule has 6 heterocycles. The van der Waals surface area contributed by atoms with Crippen molar-refractivity contribution in [2.24, 2.45) is 11.3 Å². The second-order valence-corrected chi connectivity index (χ2v) is 19.6. The highest BCUT2D eigenvalue weighted by Gasteiger charge is 2.50. The van der Waals surface area contributed by atoms with Crippen LogP contribution in [0.2, 0.25) is 0 Å². The van der Waals surface area contributed by atoms with Crippen LogP contribution in [-0.2, 0) is 14.4 Å². The number of likely N-dealkylation sites (tertiary alicyclic amines) is 1. The van der Waals surface area contributed by atoms with Gasteiger partial charge in [0.1, 0.15) is 17.5 Å². The number of aromatic nitrogens is 2. The maximum absolute atomic E-state index is 15.1. The molecular formula is C48H56F2N10O7. The molecule has 7 aliphatic rings. The second-order valence-electron chi connectivity index (χ2n) is 19.6. The number of rotatable bonds is 10. The van der Waals surface area contributed by atoms with E-state index in [0.717, 1.165) is 112 Å². The molecule has 1 unspecified atom stereocenters. The molecule has 1 spiro atoms. The predicted octanol–water partition coefficient (Wildman–Crippen LogP) is 4.88. The maximum atomic E-state index is 15.1. The summed E-state index contributed by atoms with van der Waals surface area (Å²) in [5.74, 6) is -5.76. The number of hydrogen-bond donors (Lipinski definition) is 3. The lowest BCUT2D eigenvalue weighted by molar-refractivity contribution is -0.140. The third-order valence-electron chi connectivity index (χ3n) is 15.3. The van der Waals surface area contributed by atoms with E-state index in [1.54, 1.807) is 35.2 Å². The van der Waals surface area contributed by atoms with Crippen LogP contribution in [0.1, 0.15) is 108 Å². The lowest BCUT2D eigenvalue weighted by atomic mass is 9.67. The smallest absolute Gasteiger partial charge is 0.342 e. The van der Waals surface area contributed by atoms with Crippen LogP contribution in [0.4, 0.5) is 37.6 Å². The Hall–Kier alpha value is -6.24. The number of benzene rings is 2. The average molecular weight is 923 g/mol. The normalized spacial score (nSPS) is 23.5. The van der Waals surface area contributed by atoms with E-state index >= 15 is 8.78 Å². The fourth-order valence-electron chi connectivity index (χ4n) is 11.6. The fourth-order valence-corrected chi connectivity index (χ4v) is 11.6. The minimum Gasteiger partial charge on any atom is -0.495 e. The fraction of sp³-hybridized carbons (Fsp3) is 0.542. The van der Waals surface area contributed by atoms with Crippen molar-refractivity contribution in [1.82, 2.24) is 30.4 Å². The number of nitrogens with zero attached hydrogens (tertiary/aromatic N) is 7. The van der Waals surface area contributed by atoms with Gasteiger partial charge in [-0.3, -0.25) is 39.0 Å². The standard InChI is InChI=1S/C48H56F2N10O7/c1-56-36-23-51-46(55-40(36)59(31-6-3-4-7-31)27-48(49,50)45(56)66)53-33-11-10-29(22-37(33)67-2)41(62)52-30-14-18-47(19-15-30)25-57(26-47)24-28-16-20-58(21-17-28)34-9-5-8-32-39(34)44(65)60(43(32)64)35-12-13-38(61)54-42(35)63/h5,8-11,22-23,28,30-31,35H,3-4,6-7,12-21,24-27H2,1-2H3,(H,52,62)(H,51,53,55)(H,54,61,63). The van der Waals surface area contributed by atoms with E-state index < -0.39 is 48.0 Å². The molecule has 3 N–H and O–H groups in total. The van der Waals surface area contributed by atoms with Crippen molar-refractivity contribution >= 4 is 64.3 Å². The zero-order chi connectivity index (χ0) is 46.8. The van der Waals surface area contributed by atoms with Gasteiger partial charge in [0, 0.05) is 63.8 Å². The highest BCUT2D eigenvalue weighted by atomic mass is 19.3. The number of halogens is 2. The van der Waals surface area contributed by atoms with E-state index in [4.69, 9.17) is 4.74 Å². The Bertz CT molecular complexity index is 2510. The number of ether oxygens (including phenoxy) is 1. The predicted molar refractivity (Wildman–Crippen MR) is 243 cm³/mol. The van der Waals surface area contributed by atoms with Crippen LogP contribution in [-0.4, -0.2) is 133 Å². The lowest BCUT2D eigenvalue weighted by Crippen LogP contribution is -2.60. The van der Waals surface area contributed by atoms with Gasteiger partial charge in [0.05, 0.1) is 42.4 Å². The van der Waals surface area contributed by atoms with E-state index in [1.807, 2.05) is 6.07 Å². The number of amides is 6. The molecule has 3 aromatic rings. The largest absolute Gasteiger partial charge is 0.495 e. The summed E-state index contributed by atoms with van der Waals surface area (Å²) in [5.41, 5.74) is 2.75. The minimum atomic E-state index is -3.58. The van der Waals surface area contributed by atoms with Gasteiger partial charge in [0.2, 0.25) is 17.8 Å². The molecule has 3 saturated heterocycles. The molecule has 5 aliphatic heterocycles. The van der Waals surface area contributed by atoms with Gasteiger partial charge in [0.15, 0.2) is 5.82 Å². The van der Waals surface area contributed by atoms with Crippen molar-refractivity contribution in [3.05, 3.63) is 59.3 Å². The van der Waals surface area contributed by atoms with E-state index in [9.17, 15) is 28.8 Å². The summed E-state index contributed by atoms with van der Waals surface area (Å²) in [4.78, 5) is 94.9. The van der Waals surface area contributed by atoms with Gasteiger partial charge >= 0.3 is 5.92 Å². The van der Waals surface area contributed by atoms with Crippen LogP contribution in [0.15, 0.2) is 42.6 Å². The summed E-state index contributed by atoms with van der Waals surface area (Å²) in [7, 11) is 2.82. The molecule has 10 rings (SSSR count). The summed E-state index contributed by atoms with van der Waals surface area (Å²) < 4.78 is 35.8. The van der Waals surface area contributed by atoms with Crippen LogP contribution >= 0.6 is 0 Å². The molecular weight excluding hydrogens is 867 g/mol. The number of alkyl halides is 2. The SMILES string of the molecule is COc1cc(C(=O)NC2CCC3(CC2)CN(CC2CCN(c4cccc5c4C(=O)N(C4CCC(=O)NC4=O)C5=O)CC2)C3)ccc1Nc1ncc2c(n1)N(C1CCCC1)CC(F)(F)C(=O)N2C. The van der Waals surface area contributed by atoms with Crippen molar-refractivity contribution < 1.29 is 42.3 Å². The first-order valence-electron chi connectivity index (χ1n) is 23.6. The molecule has 2 saturated carbocycles. The van der Waals surface area contributed by atoms with E-state index in [1.165, 1.54) is 20.4 Å². The van der Waals surface area contributed by atoms with Gasteiger partial charge in [-0.05, 0) is 99.5 Å². The molecule has 6 amide bonds. The first-order valence-corrected chi connectivity index (χ1v) is 23.6. The molecule has 2 aromatic carbocycles. The van der Waals surface area contributed by atoms with Gasteiger partial charge in [-0.1, -0.05) is 18.9 Å². The van der Waals surface area contributed by atoms with Crippen LogP contribution in [0.5, 0.6) is 5.75 Å². The quantitative estimate of drug-likeness (QED) is 0.234. The van der Waals surface area contributed by atoms with E-state index in [2.05, 4.69) is 35.7 Å². The number of methoxy groups -OCH3 is 1. The maximum Gasteiger partial charge on any atom is 0.342 e. The van der Waals surface area contributed by atoms with Crippen molar-refractivity contribution in [3.8, 4) is 5.75 Å². The number of anilines is 5. The van der Waals surface area contributed by atoms with Crippen molar-refractivity contribution in [3.63, 3.8) is 0 Å². The number of carbonyl (C=O) groups is 6. The molecule has 0 radical (unpaired) electrons. The van der Waals surface area contributed by atoms with Crippen molar-refractivity contribution in [2.75, 3.05) is 73.4 Å². The Labute approximate surface area is 386 Å². The van der Waals surface area contributed by atoms with E-state index in [-0.39, 0.29) is 53.7 Å². The first kappa shape index (κ1) is 44.6. The number of carbonyl (C=O) groups excluding carboxylic acids is 6.